The molecular formula is C16H16N4O2. The Balaban J connectivity index is 1.77. The van der Waals surface area contributed by atoms with Crippen LogP contribution in [-0.4, -0.2) is 20.4 Å². The number of nitrogens with zero attached hydrogens (tertiary/aromatic N) is 3. The summed E-state index contributed by atoms with van der Waals surface area (Å²) in [4.78, 5) is 20.3. The van der Waals surface area contributed by atoms with E-state index in [2.05, 4.69) is 15.3 Å². The van der Waals surface area contributed by atoms with Crippen molar-refractivity contribution in [1.82, 2.24) is 14.5 Å². The lowest BCUT2D eigenvalue weighted by molar-refractivity contribution is 0.102. The summed E-state index contributed by atoms with van der Waals surface area (Å²) in [6.45, 7) is 5.69. The highest BCUT2D eigenvalue weighted by Crippen LogP contribution is 2.17. The number of rotatable bonds is 3. The Hall–Kier alpha value is -2.89. The van der Waals surface area contributed by atoms with Crippen LogP contribution in [0, 0.1) is 20.8 Å². The molecule has 0 spiro atoms. The minimum absolute atomic E-state index is 0.266. The van der Waals surface area contributed by atoms with Gasteiger partial charge in [0.2, 0.25) is 0 Å². The second-order valence-corrected chi connectivity index (χ2v) is 5.04. The minimum atomic E-state index is -0.292. The zero-order valence-electron chi connectivity index (χ0n) is 12.6. The van der Waals surface area contributed by atoms with Gasteiger partial charge in [0.25, 0.3) is 5.91 Å². The van der Waals surface area contributed by atoms with Gasteiger partial charge in [-0.3, -0.25) is 4.79 Å². The Kier molecular flexibility index (Phi) is 3.50. The molecule has 2 heterocycles. The smallest absolute Gasteiger partial charge is 0.277 e. The van der Waals surface area contributed by atoms with Crippen molar-refractivity contribution in [1.29, 1.82) is 0 Å². The normalized spacial score (nSPS) is 10.7. The number of benzene rings is 1. The summed E-state index contributed by atoms with van der Waals surface area (Å²) in [6, 6.07) is 7.54. The zero-order valence-corrected chi connectivity index (χ0v) is 12.6. The summed E-state index contributed by atoms with van der Waals surface area (Å²) in [5, 5.41) is 2.78. The first kappa shape index (κ1) is 14.1. The summed E-state index contributed by atoms with van der Waals surface area (Å²) in [6.07, 6.45) is 3.13. The van der Waals surface area contributed by atoms with Gasteiger partial charge >= 0.3 is 0 Å². The number of carbonyl (C=O) groups excluding carboxylic acids is 1. The number of carbonyl (C=O) groups is 1. The lowest BCUT2D eigenvalue weighted by atomic mass is 10.2. The maximum absolute atomic E-state index is 12.0. The molecule has 22 heavy (non-hydrogen) atoms. The van der Waals surface area contributed by atoms with E-state index >= 15 is 0 Å². The number of aryl methyl sites for hydroxylation is 2. The number of aromatic nitrogens is 3. The topological polar surface area (TPSA) is 73.0 Å². The molecule has 3 aromatic rings. The number of nitrogens with one attached hydrogen (secondary N) is 1. The fraction of sp³-hybridized carbons (Fsp3) is 0.188. The molecule has 0 aliphatic heterocycles. The van der Waals surface area contributed by atoms with Crippen molar-refractivity contribution in [3.63, 3.8) is 0 Å². The van der Waals surface area contributed by atoms with Crippen molar-refractivity contribution in [2.75, 3.05) is 5.32 Å². The van der Waals surface area contributed by atoms with E-state index < -0.39 is 0 Å². The monoisotopic (exact) mass is 296 g/mol. The van der Waals surface area contributed by atoms with Gasteiger partial charge in [0, 0.05) is 24.0 Å². The number of imidazole rings is 1. The van der Waals surface area contributed by atoms with Gasteiger partial charge in [-0.15, -0.1) is 0 Å². The van der Waals surface area contributed by atoms with Gasteiger partial charge in [-0.1, -0.05) is 0 Å². The van der Waals surface area contributed by atoms with Crippen molar-refractivity contribution < 1.29 is 9.21 Å². The third kappa shape index (κ3) is 2.63. The molecule has 6 heteroatoms. The quantitative estimate of drug-likeness (QED) is 0.806. The maximum Gasteiger partial charge on any atom is 0.277 e. The molecule has 0 bridgehead atoms. The molecule has 0 fully saturated rings. The van der Waals surface area contributed by atoms with Crippen LogP contribution in [0.5, 0.6) is 0 Å². The fourth-order valence-corrected chi connectivity index (χ4v) is 2.13. The van der Waals surface area contributed by atoms with Gasteiger partial charge in [-0.2, -0.15) is 0 Å². The van der Waals surface area contributed by atoms with Crippen LogP contribution in [0.1, 0.15) is 27.8 Å². The van der Waals surface area contributed by atoms with Crippen LogP contribution in [0.3, 0.4) is 0 Å². The third-order valence-electron chi connectivity index (χ3n) is 3.51. The van der Waals surface area contributed by atoms with Crippen LogP contribution < -0.4 is 5.32 Å². The van der Waals surface area contributed by atoms with Crippen molar-refractivity contribution in [2.45, 2.75) is 20.8 Å². The van der Waals surface area contributed by atoms with E-state index in [0.717, 1.165) is 17.1 Å². The van der Waals surface area contributed by atoms with Gasteiger partial charge in [0.05, 0.1) is 12.0 Å². The first-order valence-corrected chi connectivity index (χ1v) is 6.89. The van der Waals surface area contributed by atoms with Gasteiger partial charge in [-0.25, -0.2) is 9.97 Å². The number of hydrogen-bond acceptors (Lipinski definition) is 4. The molecule has 112 valence electrons. The van der Waals surface area contributed by atoms with Crippen molar-refractivity contribution in [3.05, 3.63) is 59.8 Å². The minimum Gasteiger partial charge on any atom is -0.448 e. The molecule has 0 atom stereocenters. The van der Waals surface area contributed by atoms with E-state index in [1.807, 2.05) is 42.7 Å². The van der Waals surface area contributed by atoms with Crippen LogP contribution in [0.4, 0.5) is 5.69 Å². The van der Waals surface area contributed by atoms with Crippen LogP contribution in [0.15, 0.2) is 41.3 Å². The summed E-state index contributed by atoms with van der Waals surface area (Å²) in [7, 11) is 0. The summed E-state index contributed by atoms with van der Waals surface area (Å²) in [5.41, 5.74) is 4.05. The molecule has 0 aliphatic carbocycles. The lowest BCUT2D eigenvalue weighted by Gasteiger charge is -2.07. The Morgan fingerprint density at radius 2 is 1.91 bits per heavy atom. The van der Waals surface area contributed by atoms with Gasteiger partial charge < -0.3 is 14.3 Å². The molecule has 2 aromatic heterocycles. The van der Waals surface area contributed by atoms with Crippen LogP contribution >= 0.6 is 0 Å². The average molecular weight is 296 g/mol. The molecule has 0 unspecified atom stereocenters. The second-order valence-electron chi connectivity index (χ2n) is 5.04. The molecule has 1 aromatic carbocycles. The first-order valence-electron chi connectivity index (χ1n) is 6.89. The molecule has 1 amide bonds. The molecular weight excluding hydrogens is 280 g/mol. The van der Waals surface area contributed by atoms with Crippen LogP contribution in [0.25, 0.3) is 5.69 Å². The summed E-state index contributed by atoms with van der Waals surface area (Å²) < 4.78 is 7.04. The lowest BCUT2D eigenvalue weighted by Crippen LogP contribution is -2.12. The number of oxazole rings is 1. The van der Waals surface area contributed by atoms with Crippen LogP contribution in [-0.2, 0) is 0 Å². The molecule has 0 aliphatic rings. The highest BCUT2D eigenvalue weighted by molar-refractivity contribution is 6.02. The van der Waals surface area contributed by atoms with E-state index in [1.54, 1.807) is 13.3 Å². The van der Waals surface area contributed by atoms with Crippen molar-refractivity contribution in [3.8, 4) is 5.69 Å². The zero-order chi connectivity index (χ0) is 15.7. The molecule has 0 radical (unpaired) electrons. The highest BCUT2D eigenvalue weighted by atomic mass is 16.3. The summed E-state index contributed by atoms with van der Waals surface area (Å²) >= 11 is 0. The van der Waals surface area contributed by atoms with Gasteiger partial charge in [0.15, 0.2) is 11.6 Å². The third-order valence-corrected chi connectivity index (χ3v) is 3.51. The molecule has 0 saturated carbocycles. The fourth-order valence-electron chi connectivity index (χ4n) is 2.13. The molecule has 0 saturated heterocycles. The second kappa shape index (κ2) is 5.48. The molecule has 1 N–H and O–H groups in total. The number of amides is 1. The molecule has 6 nitrogen and oxygen atoms in total. The van der Waals surface area contributed by atoms with Crippen molar-refractivity contribution >= 4 is 11.6 Å². The summed E-state index contributed by atoms with van der Waals surface area (Å²) in [5.74, 6) is 0.172. The number of anilines is 1. The van der Waals surface area contributed by atoms with Gasteiger partial charge in [0.1, 0.15) is 6.26 Å². The predicted molar refractivity (Wildman–Crippen MR) is 82.2 cm³/mol. The number of hydrogen-bond donors (Lipinski definition) is 1. The van der Waals surface area contributed by atoms with Crippen molar-refractivity contribution in [2.24, 2.45) is 0 Å². The predicted octanol–water partition coefficient (Wildman–Crippen LogP) is 3.04. The van der Waals surface area contributed by atoms with E-state index in [-0.39, 0.29) is 11.6 Å². The van der Waals surface area contributed by atoms with E-state index in [9.17, 15) is 4.79 Å². The Morgan fingerprint density at radius 1 is 1.18 bits per heavy atom. The maximum atomic E-state index is 12.0. The Labute approximate surface area is 127 Å². The largest absolute Gasteiger partial charge is 0.448 e. The van der Waals surface area contributed by atoms with E-state index in [4.69, 9.17) is 4.42 Å². The molecule has 3 rings (SSSR count). The SMILES string of the molecule is Cc1nc(C(=O)Nc2ccc(-n3cnc(C)c3C)cc2)co1. The Morgan fingerprint density at radius 3 is 2.45 bits per heavy atom. The van der Waals surface area contributed by atoms with Crippen LogP contribution in [0.2, 0.25) is 0 Å². The highest BCUT2D eigenvalue weighted by Gasteiger charge is 2.11. The average Bonchev–Trinajstić information content (AvgIpc) is 3.08. The Bertz CT molecular complexity index is 815. The van der Waals surface area contributed by atoms with Gasteiger partial charge in [-0.05, 0) is 38.1 Å². The van der Waals surface area contributed by atoms with E-state index in [1.165, 1.54) is 6.26 Å². The first-order chi connectivity index (χ1) is 10.5. The standard InChI is InChI=1S/C16H16N4O2/c1-10-11(2)20(9-17-10)14-6-4-13(5-7-14)19-16(21)15-8-22-12(3)18-15/h4-9H,1-3H3,(H,19,21). The van der Waals surface area contributed by atoms with E-state index in [0.29, 0.717) is 11.6 Å².